The van der Waals surface area contributed by atoms with Crippen LogP contribution in [0.5, 0.6) is 5.75 Å². The Morgan fingerprint density at radius 3 is 2.62 bits per heavy atom. The minimum atomic E-state index is -0.892. The van der Waals surface area contributed by atoms with Gasteiger partial charge in [-0.05, 0) is 54.8 Å². The van der Waals surface area contributed by atoms with Crippen LogP contribution in [0.1, 0.15) is 16.7 Å². The molecule has 2 aromatic carbocycles. The maximum absolute atomic E-state index is 11.9. The van der Waals surface area contributed by atoms with E-state index in [9.17, 15) is 14.7 Å². The predicted molar refractivity (Wildman–Crippen MR) is 93.4 cm³/mol. The highest BCUT2D eigenvalue weighted by Gasteiger charge is 2.14. The second-order valence-corrected chi connectivity index (χ2v) is 5.52. The van der Waals surface area contributed by atoms with Gasteiger partial charge in [-0.2, -0.15) is 5.10 Å². The maximum atomic E-state index is 11.9. The van der Waals surface area contributed by atoms with Gasteiger partial charge in [-0.1, -0.05) is 23.7 Å². The molecule has 0 atom stereocenters. The molecule has 0 aliphatic rings. The van der Waals surface area contributed by atoms with Crippen LogP contribution in [0.25, 0.3) is 0 Å². The monoisotopic (exact) mass is 345 g/mol. The number of halogens is 1. The molecule has 0 saturated carbocycles. The molecule has 0 unspecified atom stereocenters. The predicted octanol–water partition coefficient (Wildman–Crippen LogP) is 2.75. The van der Waals surface area contributed by atoms with Gasteiger partial charge in [-0.3, -0.25) is 9.59 Å². The van der Waals surface area contributed by atoms with E-state index in [0.29, 0.717) is 11.3 Å². The summed E-state index contributed by atoms with van der Waals surface area (Å²) in [5, 5.41) is 15.7. The average Bonchev–Trinajstić information content (AvgIpc) is 2.55. The van der Waals surface area contributed by atoms with Crippen molar-refractivity contribution in [3.05, 3.63) is 58.1 Å². The standard InChI is InChI=1S/C17H16ClN3O3/c1-10-4-3-5-14(11(10)2)20-16(23)17(24)21-19-9-12-6-7-15(22)13(18)8-12/h3-9,22H,1-2H3,(H,20,23)(H,21,24)/b19-9-. The Balaban J connectivity index is 1.96. The third-order valence-corrected chi connectivity index (χ3v) is 3.71. The summed E-state index contributed by atoms with van der Waals surface area (Å²) in [6.45, 7) is 3.77. The average molecular weight is 346 g/mol. The number of hydrogen-bond acceptors (Lipinski definition) is 4. The Morgan fingerprint density at radius 2 is 1.92 bits per heavy atom. The van der Waals surface area contributed by atoms with Crippen LogP contribution in [-0.2, 0) is 9.59 Å². The second kappa shape index (κ2) is 7.61. The highest BCUT2D eigenvalue weighted by molar-refractivity contribution is 6.39. The lowest BCUT2D eigenvalue weighted by atomic mass is 10.1. The molecule has 0 radical (unpaired) electrons. The Bertz CT molecular complexity index is 819. The van der Waals surface area contributed by atoms with Crippen LogP contribution >= 0.6 is 11.6 Å². The molecule has 2 amide bonds. The van der Waals surface area contributed by atoms with Gasteiger partial charge in [0, 0.05) is 5.69 Å². The van der Waals surface area contributed by atoms with E-state index in [0.717, 1.165) is 11.1 Å². The first-order chi connectivity index (χ1) is 11.4. The van der Waals surface area contributed by atoms with Crippen LogP contribution in [0, 0.1) is 13.8 Å². The second-order valence-electron chi connectivity index (χ2n) is 5.11. The number of anilines is 1. The van der Waals surface area contributed by atoms with Gasteiger partial charge in [0.15, 0.2) is 0 Å². The van der Waals surface area contributed by atoms with E-state index in [2.05, 4.69) is 15.8 Å². The van der Waals surface area contributed by atoms with Gasteiger partial charge in [0.1, 0.15) is 5.75 Å². The molecule has 2 aromatic rings. The largest absolute Gasteiger partial charge is 0.506 e. The highest BCUT2D eigenvalue weighted by Crippen LogP contribution is 2.22. The number of phenolic OH excluding ortho intramolecular Hbond substituents is 1. The normalized spacial score (nSPS) is 10.6. The van der Waals surface area contributed by atoms with Gasteiger partial charge in [0.05, 0.1) is 11.2 Å². The summed E-state index contributed by atoms with van der Waals surface area (Å²) in [6, 6.07) is 9.87. The summed E-state index contributed by atoms with van der Waals surface area (Å²) in [4.78, 5) is 23.6. The molecule has 24 heavy (non-hydrogen) atoms. The first-order valence-electron chi connectivity index (χ1n) is 7.07. The minimum absolute atomic E-state index is 0.0502. The van der Waals surface area contributed by atoms with Gasteiger partial charge < -0.3 is 10.4 Å². The van der Waals surface area contributed by atoms with Crippen LogP contribution in [0.3, 0.4) is 0 Å². The topological polar surface area (TPSA) is 90.8 Å². The minimum Gasteiger partial charge on any atom is -0.506 e. The molecular weight excluding hydrogens is 330 g/mol. The zero-order chi connectivity index (χ0) is 17.7. The van der Waals surface area contributed by atoms with Crippen molar-refractivity contribution in [3.63, 3.8) is 0 Å². The molecule has 0 bridgehead atoms. The summed E-state index contributed by atoms with van der Waals surface area (Å²) in [6.07, 6.45) is 1.31. The third kappa shape index (κ3) is 4.33. The van der Waals surface area contributed by atoms with E-state index in [1.54, 1.807) is 18.2 Å². The smallest absolute Gasteiger partial charge is 0.329 e. The molecule has 0 heterocycles. The summed E-state index contributed by atoms with van der Waals surface area (Å²) in [5.74, 6) is -1.76. The summed E-state index contributed by atoms with van der Waals surface area (Å²) >= 11 is 5.76. The fourth-order valence-corrected chi connectivity index (χ4v) is 2.07. The SMILES string of the molecule is Cc1cccc(NC(=O)C(=O)N/N=C\c2ccc(O)c(Cl)c2)c1C. The molecule has 0 aliphatic heterocycles. The van der Waals surface area contributed by atoms with E-state index >= 15 is 0 Å². The molecule has 0 saturated heterocycles. The van der Waals surface area contributed by atoms with Gasteiger partial charge in [-0.25, -0.2) is 5.43 Å². The number of hydrogen-bond donors (Lipinski definition) is 3. The number of aryl methyl sites for hydroxylation is 1. The molecule has 0 aliphatic carbocycles. The van der Waals surface area contributed by atoms with E-state index < -0.39 is 11.8 Å². The number of amides is 2. The molecule has 7 heteroatoms. The fourth-order valence-electron chi connectivity index (χ4n) is 1.89. The number of hydrazone groups is 1. The zero-order valence-corrected chi connectivity index (χ0v) is 13.9. The lowest BCUT2D eigenvalue weighted by molar-refractivity contribution is -0.136. The quantitative estimate of drug-likeness (QED) is 0.454. The zero-order valence-electron chi connectivity index (χ0n) is 13.1. The molecule has 0 aromatic heterocycles. The van der Waals surface area contributed by atoms with Crippen molar-refractivity contribution in [1.29, 1.82) is 0 Å². The lowest BCUT2D eigenvalue weighted by Gasteiger charge is -2.09. The van der Waals surface area contributed by atoms with Crippen LogP contribution in [0.15, 0.2) is 41.5 Å². The van der Waals surface area contributed by atoms with Crippen LogP contribution in [0.2, 0.25) is 5.02 Å². The van der Waals surface area contributed by atoms with Crippen molar-refractivity contribution < 1.29 is 14.7 Å². The molecule has 6 nitrogen and oxygen atoms in total. The van der Waals surface area contributed by atoms with Crippen molar-refractivity contribution >= 4 is 35.3 Å². The van der Waals surface area contributed by atoms with Crippen molar-refractivity contribution in [1.82, 2.24) is 5.43 Å². The van der Waals surface area contributed by atoms with Gasteiger partial charge >= 0.3 is 11.8 Å². The Kier molecular flexibility index (Phi) is 5.55. The van der Waals surface area contributed by atoms with Crippen molar-refractivity contribution in [2.45, 2.75) is 13.8 Å². The van der Waals surface area contributed by atoms with Crippen molar-refractivity contribution in [2.75, 3.05) is 5.32 Å². The maximum Gasteiger partial charge on any atom is 0.329 e. The number of aromatic hydroxyl groups is 1. The first-order valence-corrected chi connectivity index (χ1v) is 7.45. The van der Waals surface area contributed by atoms with Crippen molar-refractivity contribution in [3.8, 4) is 5.75 Å². The lowest BCUT2D eigenvalue weighted by Crippen LogP contribution is -2.32. The van der Waals surface area contributed by atoms with Crippen LogP contribution < -0.4 is 10.7 Å². The number of benzene rings is 2. The third-order valence-electron chi connectivity index (χ3n) is 3.41. The summed E-state index contributed by atoms with van der Waals surface area (Å²) in [5.41, 5.74) is 5.17. The Hall–Kier alpha value is -2.86. The summed E-state index contributed by atoms with van der Waals surface area (Å²) < 4.78 is 0. The number of phenols is 1. The molecule has 0 spiro atoms. The molecule has 2 rings (SSSR count). The van der Waals surface area contributed by atoms with E-state index in [1.165, 1.54) is 18.3 Å². The number of carbonyl (C=O) groups excluding carboxylic acids is 2. The fraction of sp³-hybridized carbons (Fsp3) is 0.118. The number of nitrogens with zero attached hydrogens (tertiary/aromatic N) is 1. The Labute approximate surface area is 144 Å². The van der Waals surface area contributed by atoms with Crippen LogP contribution in [-0.4, -0.2) is 23.1 Å². The van der Waals surface area contributed by atoms with Crippen LogP contribution in [0.4, 0.5) is 5.69 Å². The number of nitrogens with one attached hydrogen (secondary N) is 2. The number of carbonyl (C=O) groups is 2. The van der Waals surface area contributed by atoms with E-state index in [-0.39, 0.29) is 10.8 Å². The highest BCUT2D eigenvalue weighted by atomic mass is 35.5. The molecular formula is C17H16ClN3O3. The summed E-state index contributed by atoms with van der Waals surface area (Å²) in [7, 11) is 0. The van der Waals surface area contributed by atoms with Gasteiger partial charge in [0.25, 0.3) is 0 Å². The van der Waals surface area contributed by atoms with Gasteiger partial charge in [0.2, 0.25) is 0 Å². The first kappa shape index (κ1) is 17.5. The Morgan fingerprint density at radius 1 is 1.17 bits per heavy atom. The van der Waals surface area contributed by atoms with Gasteiger partial charge in [-0.15, -0.1) is 0 Å². The van der Waals surface area contributed by atoms with Crippen molar-refractivity contribution in [2.24, 2.45) is 5.10 Å². The van der Waals surface area contributed by atoms with E-state index in [4.69, 9.17) is 11.6 Å². The molecule has 124 valence electrons. The van der Waals surface area contributed by atoms with E-state index in [1.807, 2.05) is 19.9 Å². The molecule has 3 N–H and O–H groups in total. The number of rotatable bonds is 3. The molecule has 0 fully saturated rings.